The summed E-state index contributed by atoms with van der Waals surface area (Å²) in [5, 5.41) is 3.02. The highest BCUT2D eigenvalue weighted by Crippen LogP contribution is 2.26. The first kappa shape index (κ1) is 13.2. The Morgan fingerprint density at radius 2 is 2.25 bits per heavy atom. The van der Waals surface area contributed by atoms with Crippen molar-refractivity contribution in [2.24, 2.45) is 5.92 Å². The third-order valence-corrected chi connectivity index (χ3v) is 3.12. The maximum absolute atomic E-state index is 13.4. The number of nitrogens with one attached hydrogen (secondary N) is 1. The van der Waals surface area contributed by atoms with Gasteiger partial charge in [-0.25, -0.2) is 4.39 Å². The quantitative estimate of drug-likeness (QED) is 0.841. The molecule has 0 bridgehead atoms. The third kappa shape index (κ3) is 3.30. The van der Waals surface area contributed by atoms with Gasteiger partial charge in [-0.05, 0) is 46.5 Å². The molecule has 0 fully saturated rings. The van der Waals surface area contributed by atoms with Crippen LogP contribution in [0.3, 0.4) is 0 Å². The second-order valence-electron chi connectivity index (χ2n) is 3.83. The summed E-state index contributed by atoms with van der Waals surface area (Å²) in [6.07, 6.45) is 2.35. The molecule has 0 aliphatic carbocycles. The van der Waals surface area contributed by atoms with Gasteiger partial charge in [-0.1, -0.05) is 6.92 Å². The van der Waals surface area contributed by atoms with Gasteiger partial charge in [0.2, 0.25) is 0 Å². The molecule has 0 saturated carbocycles. The molecule has 1 atom stereocenters. The topological polar surface area (TPSA) is 29.1 Å². The Morgan fingerprint density at radius 3 is 2.81 bits per heavy atom. The average Bonchev–Trinajstić information content (AvgIpc) is 2.29. The Balaban J connectivity index is 2.85. The van der Waals surface area contributed by atoms with Crippen LogP contribution in [0, 0.1) is 11.7 Å². The first-order valence-corrected chi connectivity index (χ1v) is 5.98. The maximum atomic E-state index is 13.4. The number of carbonyl (C=O) groups is 1. The fraction of sp³-hybridized carbons (Fsp3) is 0.417. The third-order valence-electron chi connectivity index (χ3n) is 2.52. The van der Waals surface area contributed by atoms with Crippen molar-refractivity contribution in [2.45, 2.75) is 19.8 Å². The highest BCUT2D eigenvalue weighted by Gasteiger charge is 2.09. The van der Waals surface area contributed by atoms with Crippen LogP contribution in [0.4, 0.5) is 10.1 Å². The van der Waals surface area contributed by atoms with Gasteiger partial charge in [-0.2, -0.15) is 0 Å². The minimum atomic E-state index is -0.271. The van der Waals surface area contributed by atoms with E-state index in [0.29, 0.717) is 10.9 Å². The molecule has 0 aliphatic rings. The molecule has 0 saturated heterocycles. The van der Waals surface area contributed by atoms with Crippen molar-refractivity contribution in [2.75, 3.05) is 12.4 Å². The molecular formula is C12H15BrFNO. The minimum absolute atomic E-state index is 0.0106. The summed E-state index contributed by atoms with van der Waals surface area (Å²) in [4.78, 5) is 10.5. The highest BCUT2D eigenvalue weighted by molar-refractivity contribution is 9.10. The highest BCUT2D eigenvalue weighted by atomic mass is 79.9. The smallest absolute Gasteiger partial charge is 0.137 e. The first-order chi connectivity index (χ1) is 7.58. The zero-order valence-electron chi connectivity index (χ0n) is 9.39. The largest absolute Gasteiger partial charge is 0.388 e. The molecule has 88 valence electrons. The normalized spacial score (nSPS) is 12.2. The minimum Gasteiger partial charge on any atom is -0.388 e. The molecule has 2 nitrogen and oxygen atoms in total. The van der Waals surface area contributed by atoms with E-state index in [9.17, 15) is 9.18 Å². The van der Waals surface area contributed by atoms with Crippen LogP contribution in [0.15, 0.2) is 16.6 Å². The number of hydrogen-bond donors (Lipinski definition) is 1. The zero-order chi connectivity index (χ0) is 12.1. The Bertz CT molecular complexity index is 382. The Labute approximate surface area is 103 Å². The molecule has 4 heteroatoms. The van der Waals surface area contributed by atoms with Crippen molar-refractivity contribution in [1.29, 1.82) is 0 Å². The number of aryl methyl sites for hydroxylation is 1. The maximum Gasteiger partial charge on any atom is 0.137 e. The summed E-state index contributed by atoms with van der Waals surface area (Å²) in [7, 11) is 1.80. The Morgan fingerprint density at radius 1 is 1.56 bits per heavy atom. The van der Waals surface area contributed by atoms with Gasteiger partial charge in [0.25, 0.3) is 0 Å². The Hall–Kier alpha value is -0.900. The zero-order valence-corrected chi connectivity index (χ0v) is 11.0. The molecule has 0 radical (unpaired) electrons. The number of rotatable bonds is 5. The molecule has 0 aromatic heterocycles. The lowest BCUT2D eigenvalue weighted by atomic mass is 10.0. The summed E-state index contributed by atoms with van der Waals surface area (Å²) in [5.41, 5.74) is 1.79. The number of halogens is 2. The molecular weight excluding hydrogens is 273 g/mol. The van der Waals surface area contributed by atoms with Gasteiger partial charge in [0.1, 0.15) is 12.1 Å². The van der Waals surface area contributed by atoms with Crippen LogP contribution in [0.1, 0.15) is 18.9 Å². The van der Waals surface area contributed by atoms with E-state index in [1.165, 1.54) is 6.07 Å². The summed E-state index contributed by atoms with van der Waals surface area (Å²) >= 11 is 3.14. The van der Waals surface area contributed by atoms with Gasteiger partial charge in [0.15, 0.2) is 0 Å². The summed E-state index contributed by atoms with van der Waals surface area (Å²) in [6.45, 7) is 1.86. The van der Waals surface area contributed by atoms with Crippen LogP contribution in [-0.2, 0) is 11.2 Å². The van der Waals surface area contributed by atoms with Crippen molar-refractivity contribution in [3.63, 3.8) is 0 Å². The molecule has 1 aromatic rings. The molecule has 16 heavy (non-hydrogen) atoms. The van der Waals surface area contributed by atoms with E-state index in [-0.39, 0.29) is 11.7 Å². The van der Waals surface area contributed by atoms with Crippen LogP contribution < -0.4 is 5.32 Å². The van der Waals surface area contributed by atoms with Crippen molar-refractivity contribution < 1.29 is 9.18 Å². The van der Waals surface area contributed by atoms with E-state index in [0.717, 1.165) is 24.0 Å². The summed E-state index contributed by atoms with van der Waals surface area (Å²) < 4.78 is 13.8. The Kier molecular flexibility index (Phi) is 4.93. The number of anilines is 1. The van der Waals surface area contributed by atoms with Crippen molar-refractivity contribution in [3.8, 4) is 0 Å². The van der Waals surface area contributed by atoms with Crippen molar-refractivity contribution in [3.05, 3.63) is 28.0 Å². The van der Waals surface area contributed by atoms with Gasteiger partial charge in [0, 0.05) is 18.7 Å². The molecule has 0 spiro atoms. The lowest BCUT2D eigenvalue weighted by Gasteiger charge is -2.11. The molecule has 0 heterocycles. The molecule has 1 rings (SSSR count). The first-order valence-electron chi connectivity index (χ1n) is 5.19. The van der Waals surface area contributed by atoms with Gasteiger partial charge in [-0.15, -0.1) is 0 Å². The molecule has 1 aromatic carbocycles. The molecule has 0 amide bonds. The lowest BCUT2D eigenvalue weighted by molar-refractivity contribution is -0.110. The van der Waals surface area contributed by atoms with E-state index in [1.54, 1.807) is 13.1 Å². The monoisotopic (exact) mass is 287 g/mol. The number of hydrogen-bond acceptors (Lipinski definition) is 2. The number of aldehydes is 1. The predicted octanol–water partition coefficient (Wildman–Crippen LogP) is 3.40. The van der Waals surface area contributed by atoms with Gasteiger partial charge >= 0.3 is 0 Å². The number of carbonyl (C=O) groups excluding carboxylic acids is 1. The molecule has 1 N–H and O–H groups in total. The van der Waals surface area contributed by atoms with E-state index in [4.69, 9.17) is 0 Å². The fourth-order valence-electron chi connectivity index (χ4n) is 1.48. The second-order valence-corrected chi connectivity index (χ2v) is 4.68. The molecule has 0 aliphatic heterocycles. The van der Waals surface area contributed by atoms with E-state index < -0.39 is 0 Å². The standard InChI is InChI=1S/C12H15BrFNO/c1-8(7-16)3-4-9-5-11(14)10(13)6-12(9)15-2/h5-8,15H,3-4H2,1-2H3. The van der Waals surface area contributed by atoms with Crippen molar-refractivity contribution >= 4 is 27.9 Å². The molecule has 1 unspecified atom stereocenters. The van der Waals surface area contributed by atoms with Crippen LogP contribution in [-0.4, -0.2) is 13.3 Å². The second kappa shape index (κ2) is 5.99. The van der Waals surface area contributed by atoms with E-state index >= 15 is 0 Å². The van der Waals surface area contributed by atoms with Gasteiger partial charge in [-0.3, -0.25) is 0 Å². The van der Waals surface area contributed by atoms with Crippen LogP contribution in [0.25, 0.3) is 0 Å². The summed E-state index contributed by atoms with van der Waals surface area (Å²) in [6, 6.07) is 3.23. The predicted molar refractivity (Wildman–Crippen MR) is 67.2 cm³/mol. The van der Waals surface area contributed by atoms with Crippen LogP contribution in [0.5, 0.6) is 0 Å². The van der Waals surface area contributed by atoms with E-state index in [1.807, 2.05) is 6.92 Å². The fourth-order valence-corrected chi connectivity index (χ4v) is 1.82. The van der Waals surface area contributed by atoms with Crippen LogP contribution >= 0.6 is 15.9 Å². The average molecular weight is 288 g/mol. The SMILES string of the molecule is CNc1cc(Br)c(F)cc1CCC(C)C=O. The lowest BCUT2D eigenvalue weighted by Crippen LogP contribution is -2.02. The van der Waals surface area contributed by atoms with Crippen molar-refractivity contribution in [1.82, 2.24) is 0 Å². The summed E-state index contributed by atoms with van der Waals surface area (Å²) in [5.74, 6) is -0.260. The van der Waals surface area contributed by atoms with Gasteiger partial charge < -0.3 is 10.1 Å². The number of benzene rings is 1. The van der Waals surface area contributed by atoms with Crippen LogP contribution in [0.2, 0.25) is 0 Å². The van der Waals surface area contributed by atoms with Gasteiger partial charge in [0.05, 0.1) is 4.47 Å². The van der Waals surface area contributed by atoms with E-state index in [2.05, 4.69) is 21.2 Å².